The molecule has 3 aromatic rings. The van der Waals surface area contributed by atoms with Crippen LogP contribution in [-0.4, -0.2) is 28.1 Å². The third-order valence-electron chi connectivity index (χ3n) is 3.25. The molecule has 116 valence electrons. The first kappa shape index (κ1) is 14.5. The maximum absolute atomic E-state index is 11.3. The van der Waals surface area contributed by atoms with E-state index in [0.717, 1.165) is 6.07 Å². The van der Waals surface area contributed by atoms with Crippen molar-refractivity contribution < 1.29 is 24.0 Å². The highest BCUT2D eigenvalue weighted by atomic mass is 16.6. The van der Waals surface area contributed by atoms with Crippen LogP contribution in [0.3, 0.4) is 0 Å². The van der Waals surface area contributed by atoms with Crippen LogP contribution in [-0.2, 0) is 0 Å². The number of benzene rings is 2. The van der Waals surface area contributed by atoms with Gasteiger partial charge < -0.3 is 14.3 Å². The van der Waals surface area contributed by atoms with Crippen LogP contribution in [0.2, 0.25) is 0 Å². The molecule has 0 amide bonds. The first-order valence-corrected chi connectivity index (χ1v) is 6.46. The zero-order valence-electron chi connectivity index (χ0n) is 11.8. The lowest BCUT2D eigenvalue weighted by Gasteiger charge is -1.99. The first-order chi connectivity index (χ1) is 11.0. The van der Waals surface area contributed by atoms with Gasteiger partial charge in [0.15, 0.2) is 5.58 Å². The van der Waals surface area contributed by atoms with Crippen molar-refractivity contribution in [2.24, 2.45) is 0 Å². The van der Waals surface area contributed by atoms with Crippen LogP contribution in [0, 0.1) is 10.1 Å². The average Bonchev–Trinajstić information content (AvgIpc) is 2.97. The van der Waals surface area contributed by atoms with Crippen molar-refractivity contribution in [3.8, 4) is 17.2 Å². The molecule has 0 aliphatic heterocycles. The minimum atomic E-state index is -1.32. The summed E-state index contributed by atoms with van der Waals surface area (Å²) in [5.74, 6) is -0.506. The molecule has 0 fully saturated rings. The second-order valence-corrected chi connectivity index (χ2v) is 4.65. The highest BCUT2D eigenvalue weighted by molar-refractivity contribution is 6.01. The van der Waals surface area contributed by atoms with Gasteiger partial charge in [-0.1, -0.05) is 0 Å². The van der Waals surface area contributed by atoms with E-state index >= 15 is 0 Å². The molecule has 3 rings (SSSR count). The van der Waals surface area contributed by atoms with Gasteiger partial charge in [-0.15, -0.1) is 0 Å². The minimum Gasteiger partial charge on any atom is -0.497 e. The van der Waals surface area contributed by atoms with E-state index in [9.17, 15) is 20.0 Å². The Hall–Kier alpha value is -3.42. The van der Waals surface area contributed by atoms with E-state index in [1.807, 2.05) is 0 Å². The summed E-state index contributed by atoms with van der Waals surface area (Å²) in [4.78, 5) is 25.7. The monoisotopic (exact) mass is 314 g/mol. The van der Waals surface area contributed by atoms with Crippen LogP contribution in [0.5, 0.6) is 5.75 Å². The number of aromatic carboxylic acids is 1. The molecule has 0 spiro atoms. The number of carboxylic acid groups (broad SMARTS) is 1. The summed E-state index contributed by atoms with van der Waals surface area (Å²) in [5, 5.41) is 20.1. The summed E-state index contributed by atoms with van der Waals surface area (Å²) in [5.41, 5.74) is 0.0447. The fourth-order valence-electron chi connectivity index (χ4n) is 2.14. The predicted molar refractivity (Wildman–Crippen MR) is 79.6 cm³/mol. The van der Waals surface area contributed by atoms with Crippen molar-refractivity contribution in [1.82, 2.24) is 4.98 Å². The van der Waals surface area contributed by atoms with Gasteiger partial charge in [-0.25, -0.2) is 9.78 Å². The molecule has 0 atom stereocenters. The minimum absolute atomic E-state index is 0.00563. The van der Waals surface area contributed by atoms with Crippen molar-refractivity contribution >= 4 is 22.8 Å². The van der Waals surface area contributed by atoms with Crippen molar-refractivity contribution in [2.45, 2.75) is 0 Å². The van der Waals surface area contributed by atoms with E-state index in [1.165, 1.54) is 13.2 Å². The Morgan fingerprint density at radius 2 is 2.00 bits per heavy atom. The number of fused-ring (bicyclic) bond motifs is 1. The molecule has 0 aliphatic rings. The average molecular weight is 314 g/mol. The lowest BCUT2D eigenvalue weighted by molar-refractivity contribution is -0.384. The molecule has 1 aromatic heterocycles. The summed E-state index contributed by atoms with van der Waals surface area (Å²) in [7, 11) is 1.53. The zero-order valence-corrected chi connectivity index (χ0v) is 11.8. The number of nitro groups is 1. The van der Waals surface area contributed by atoms with E-state index in [1.54, 1.807) is 24.3 Å². The molecular weight excluding hydrogens is 304 g/mol. The van der Waals surface area contributed by atoms with Crippen LogP contribution in [0.4, 0.5) is 5.69 Å². The fourth-order valence-corrected chi connectivity index (χ4v) is 2.14. The van der Waals surface area contributed by atoms with E-state index < -0.39 is 10.9 Å². The zero-order chi connectivity index (χ0) is 16.6. The van der Waals surface area contributed by atoms with Crippen LogP contribution in [0.1, 0.15) is 10.4 Å². The van der Waals surface area contributed by atoms with Gasteiger partial charge in [-0.2, -0.15) is 0 Å². The molecule has 0 aliphatic carbocycles. The van der Waals surface area contributed by atoms with E-state index in [0.29, 0.717) is 11.3 Å². The lowest BCUT2D eigenvalue weighted by atomic mass is 10.2. The number of carboxylic acids is 1. The summed E-state index contributed by atoms with van der Waals surface area (Å²) < 4.78 is 10.6. The molecule has 1 N–H and O–H groups in total. The topological polar surface area (TPSA) is 116 Å². The Morgan fingerprint density at radius 3 is 2.57 bits per heavy atom. The molecular formula is C15H10N2O6. The van der Waals surface area contributed by atoms with Gasteiger partial charge in [-0.05, 0) is 24.3 Å². The van der Waals surface area contributed by atoms with E-state index in [-0.39, 0.29) is 28.2 Å². The molecule has 0 saturated heterocycles. The molecule has 23 heavy (non-hydrogen) atoms. The van der Waals surface area contributed by atoms with Crippen molar-refractivity contribution in [3.63, 3.8) is 0 Å². The number of oxazole rings is 1. The third kappa shape index (κ3) is 2.57. The van der Waals surface area contributed by atoms with Gasteiger partial charge in [0.05, 0.1) is 12.0 Å². The Morgan fingerprint density at radius 1 is 1.30 bits per heavy atom. The molecule has 2 aromatic carbocycles. The number of carbonyl (C=O) groups is 1. The maximum atomic E-state index is 11.3. The lowest BCUT2D eigenvalue weighted by Crippen LogP contribution is -1.99. The summed E-state index contributed by atoms with van der Waals surface area (Å²) in [6, 6.07) is 8.91. The number of aromatic nitrogens is 1. The third-order valence-corrected chi connectivity index (χ3v) is 3.25. The Kier molecular flexibility index (Phi) is 3.41. The second-order valence-electron chi connectivity index (χ2n) is 4.65. The highest BCUT2D eigenvalue weighted by Crippen LogP contribution is 2.30. The van der Waals surface area contributed by atoms with E-state index in [2.05, 4.69) is 4.98 Å². The Balaban J connectivity index is 2.18. The number of nitrogens with zero attached hydrogens (tertiary/aromatic N) is 2. The van der Waals surface area contributed by atoms with Gasteiger partial charge in [0.25, 0.3) is 5.69 Å². The number of methoxy groups -OCH3 is 1. The maximum Gasteiger partial charge on any atom is 0.339 e. The fraction of sp³-hybridized carbons (Fsp3) is 0.0667. The van der Waals surface area contributed by atoms with Gasteiger partial charge in [0, 0.05) is 17.7 Å². The number of nitro benzene ring substituents is 1. The summed E-state index contributed by atoms with van der Waals surface area (Å²) in [6.45, 7) is 0. The van der Waals surface area contributed by atoms with Gasteiger partial charge in [0.2, 0.25) is 5.89 Å². The molecule has 1 heterocycles. The van der Waals surface area contributed by atoms with Crippen molar-refractivity contribution in [3.05, 3.63) is 52.1 Å². The summed E-state index contributed by atoms with van der Waals surface area (Å²) >= 11 is 0. The standard InChI is InChI=1S/C15H10N2O6/c1-22-10-4-2-8(3-5-10)14-16-12-7-9(17(20)21)6-11(15(18)19)13(12)23-14/h2-7H,1H3,(H,18,19). The quantitative estimate of drug-likeness (QED) is 0.581. The predicted octanol–water partition coefficient (Wildman–Crippen LogP) is 3.11. The second kappa shape index (κ2) is 5.41. The normalized spacial score (nSPS) is 10.7. The molecule has 0 saturated carbocycles. The molecule has 0 bridgehead atoms. The largest absolute Gasteiger partial charge is 0.497 e. The van der Waals surface area contributed by atoms with Crippen molar-refractivity contribution in [2.75, 3.05) is 7.11 Å². The van der Waals surface area contributed by atoms with Gasteiger partial charge in [-0.3, -0.25) is 10.1 Å². The number of hydrogen-bond donors (Lipinski definition) is 1. The number of hydrogen-bond acceptors (Lipinski definition) is 6. The Bertz CT molecular complexity index is 914. The molecule has 0 unspecified atom stereocenters. The van der Waals surface area contributed by atoms with Crippen molar-refractivity contribution in [1.29, 1.82) is 0 Å². The number of non-ortho nitro benzene ring substituents is 1. The molecule has 8 heteroatoms. The van der Waals surface area contributed by atoms with Crippen LogP contribution in [0.15, 0.2) is 40.8 Å². The molecule has 0 radical (unpaired) electrons. The number of rotatable bonds is 4. The highest BCUT2D eigenvalue weighted by Gasteiger charge is 2.21. The smallest absolute Gasteiger partial charge is 0.339 e. The summed E-state index contributed by atoms with van der Waals surface area (Å²) in [6.07, 6.45) is 0. The molecule has 8 nitrogen and oxygen atoms in total. The van der Waals surface area contributed by atoms with Crippen LogP contribution >= 0.6 is 0 Å². The Labute approximate surface area is 129 Å². The van der Waals surface area contributed by atoms with Gasteiger partial charge in [0.1, 0.15) is 16.8 Å². The van der Waals surface area contributed by atoms with Gasteiger partial charge >= 0.3 is 5.97 Å². The van der Waals surface area contributed by atoms with Crippen LogP contribution in [0.25, 0.3) is 22.6 Å². The number of ether oxygens (including phenoxy) is 1. The van der Waals surface area contributed by atoms with E-state index in [4.69, 9.17) is 9.15 Å². The SMILES string of the molecule is COc1ccc(-c2nc3cc([N+](=O)[O-])cc(C(=O)O)c3o2)cc1. The van der Waals surface area contributed by atoms with Crippen LogP contribution < -0.4 is 4.74 Å². The first-order valence-electron chi connectivity index (χ1n) is 6.46.